The molecular weight excluding hydrogens is 536 g/mol. The number of imide groups is 1. The van der Waals surface area contributed by atoms with Gasteiger partial charge in [-0.05, 0) is 61.0 Å². The third-order valence-electron chi connectivity index (χ3n) is 4.85. The Morgan fingerprint density at radius 1 is 1.00 bits per heavy atom. The van der Waals surface area contributed by atoms with Crippen LogP contribution in [0.4, 0.5) is 0 Å². The lowest BCUT2D eigenvalue weighted by molar-refractivity contribution is -0.123. The summed E-state index contributed by atoms with van der Waals surface area (Å²) in [5.74, 6) is -0.299. The lowest BCUT2D eigenvalue weighted by Crippen LogP contribution is -2.29. The first kappa shape index (κ1) is 22.2. The second-order valence-corrected chi connectivity index (χ2v) is 8.96. The molecule has 5 nitrogen and oxygen atoms in total. The number of hydrazone groups is 1. The molecule has 0 saturated carbocycles. The van der Waals surface area contributed by atoms with Gasteiger partial charge in [0.2, 0.25) is 0 Å². The fourth-order valence-corrected chi connectivity index (χ4v) is 3.83. The van der Waals surface area contributed by atoms with E-state index in [0.29, 0.717) is 34.8 Å². The molecule has 7 heteroatoms. The van der Waals surface area contributed by atoms with Crippen LogP contribution in [0.15, 0.2) is 92.4 Å². The van der Waals surface area contributed by atoms with Gasteiger partial charge < -0.3 is 4.74 Å². The van der Waals surface area contributed by atoms with Crippen LogP contribution in [-0.2, 0) is 11.4 Å². The summed E-state index contributed by atoms with van der Waals surface area (Å²) in [4.78, 5) is 25.7. The number of halogens is 2. The number of nitrogens with zero attached hydrogens (tertiary/aromatic N) is 2. The molecule has 2 amide bonds. The van der Waals surface area contributed by atoms with Gasteiger partial charge in [0.15, 0.2) is 0 Å². The molecular formula is C25H18Br2N2O3. The zero-order chi connectivity index (χ0) is 22.7. The molecule has 1 heterocycles. The molecule has 0 N–H and O–H groups in total. The summed E-state index contributed by atoms with van der Waals surface area (Å²) in [6, 6.07) is 22.1. The van der Waals surface area contributed by atoms with Crippen LogP contribution in [0.5, 0.6) is 5.75 Å². The summed E-state index contributed by atoms with van der Waals surface area (Å²) in [5.41, 5.74) is 2.95. The number of hydrogen-bond acceptors (Lipinski definition) is 4. The van der Waals surface area contributed by atoms with Crippen LogP contribution in [0.1, 0.15) is 28.4 Å². The number of rotatable bonds is 5. The van der Waals surface area contributed by atoms with E-state index in [2.05, 4.69) is 37.0 Å². The zero-order valence-corrected chi connectivity index (χ0v) is 20.3. The van der Waals surface area contributed by atoms with Crippen molar-refractivity contribution in [2.45, 2.75) is 13.5 Å². The van der Waals surface area contributed by atoms with Crippen molar-refractivity contribution in [3.05, 3.63) is 104 Å². The molecule has 0 unspecified atom stereocenters. The maximum Gasteiger partial charge on any atom is 0.283 e. The molecule has 32 heavy (non-hydrogen) atoms. The Labute approximate surface area is 202 Å². The summed E-state index contributed by atoms with van der Waals surface area (Å²) in [5, 5.41) is 5.12. The number of hydrogen-bond donors (Lipinski definition) is 0. The first-order chi connectivity index (χ1) is 15.4. The average Bonchev–Trinajstić information content (AvgIpc) is 3.08. The molecule has 0 bridgehead atoms. The van der Waals surface area contributed by atoms with E-state index in [4.69, 9.17) is 4.74 Å². The van der Waals surface area contributed by atoms with E-state index in [9.17, 15) is 9.59 Å². The minimum absolute atomic E-state index is 0.348. The van der Waals surface area contributed by atoms with Crippen molar-refractivity contribution >= 4 is 55.5 Å². The van der Waals surface area contributed by atoms with Crippen LogP contribution in [0.2, 0.25) is 0 Å². The van der Waals surface area contributed by atoms with Gasteiger partial charge >= 0.3 is 0 Å². The van der Waals surface area contributed by atoms with E-state index in [-0.39, 0.29) is 0 Å². The largest absolute Gasteiger partial charge is 0.488 e. The van der Waals surface area contributed by atoms with E-state index in [1.807, 2.05) is 48.5 Å². The number of amides is 2. The van der Waals surface area contributed by atoms with Crippen molar-refractivity contribution < 1.29 is 14.3 Å². The monoisotopic (exact) mass is 552 g/mol. The van der Waals surface area contributed by atoms with Crippen LogP contribution in [0, 0.1) is 0 Å². The Hall–Kier alpha value is -3.03. The molecule has 0 aliphatic carbocycles. The average molecular weight is 554 g/mol. The second kappa shape index (κ2) is 9.63. The topological polar surface area (TPSA) is 59.0 Å². The Kier molecular flexibility index (Phi) is 6.67. The van der Waals surface area contributed by atoms with E-state index in [1.165, 1.54) is 0 Å². The van der Waals surface area contributed by atoms with Crippen LogP contribution in [-0.4, -0.2) is 22.5 Å². The molecule has 1 aliphatic heterocycles. The number of carbonyl (C=O) groups excluding carboxylic acids is 2. The summed E-state index contributed by atoms with van der Waals surface area (Å²) >= 11 is 6.90. The molecule has 4 rings (SSSR count). The van der Waals surface area contributed by atoms with Crippen molar-refractivity contribution in [1.29, 1.82) is 0 Å². The summed E-state index contributed by atoms with van der Waals surface area (Å²) in [6.45, 7) is 2.09. The Bertz CT molecular complexity index is 1240. The zero-order valence-electron chi connectivity index (χ0n) is 17.1. The minimum atomic E-state index is -0.463. The maximum atomic E-state index is 13.0. The van der Waals surface area contributed by atoms with Gasteiger partial charge in [0.1, 0.15) is 12.4 Å². The van der Waals surface area contributed by atoms with E-state index >= 15 is 0 Å². The SMILES string of the molecule is CC1=NN(C(=O)c2ccccc2)C(=O)/C1=C/c1cc(Br)ccc1OCc1ccc(Br)cc1. The first-order valence-corrected chi connectivity index (χ1v) is 11.4. The molecule has 0 saturated heterocycles. The number of ether oxygens (including phenoxy) is 1. The molecule has 0 atom stereocenters. The number of benzene rings is 3. The predicted octanol–water partition coefficient (Wildman–Crippen LogP) is 6.23. The predicted molar refractivity (Wildman–Crippen MR) is 131 cm³/mol. The molecule has 160 valence electrons. The number of carbonyl (C=O) groups is 2. The highest BCUT2D eigenvalue weighted by Gasteiger charge is 2.33. The van der Waals surface area contributed by atoms with Gasteiger partial charge in [0, 0.05) is 20.1 Å². The van der Waals surface area contributed by atoms with Gasteiger partial charge in [-0.1, -0.05) is 62.2 Å². The minimum Gasteiger partial charge on any atom is -0.488 e. The lowest BCUT2D eigenvalue weighted by atomic mass is 10.1. The van der Waals surface area contributed by atoms with Gasteiger partial charge in [-0.3, -0.25) is 9.59 Å². The van der Waals surface area contributed by atoms with Crippen LogP contribution in [0.25, 0.3) is 6.08 Å². The highest BCUT2D eigenvalue weighted by Crippen LogP contribution is 2.29. The Morgan fingerprint density at radius 3 is 2.41 bits per heavy atom. The third-order valence-corrected chi connectivity index (χ3v) is 5.88. The second-order valence-electron chi connectivity index (χ2n) is 7.13. The van der Waals surface area contributed by atoms with E-state index < -0.39 is 11.8 Å². The van der Waals surface area contributed by atoms with E-state index in [0.717, 1.165) is 19.5 Å². The normalized spacial score (nSPS) is 14.6. The fourth-order valence-electron chi connectivity index (χ4n) is 3.19. The molecule has 0 radical (unpaired) electrons. The summed E-state index contributed by atoms with van der Waals surface area (Å²) < 4.78 is 7.87. The quantitative estimate of drug-likeness (QED) is 0.278. The fraction of sp³-hybridized carbons (Fsp3) is 0.0800. The van der Waals surface area contributed by atoms with Crippen molar-refractivity contribution in [1.82, 2.24) is 5.01 Å². The van der Waals surface area contributed by atoms with Gasteiger partial charge in [0.25, 0.3) is 11.8 Å². The molecule has 1 aliphatic rings. The molecule has 3 aromatic rings. The van der Waals surface area contributed by atoms with Gasteiger partial charge in [-0.25, -0.2) is 0 Å². The summed E-state index contributed by atoms with van der Waals surface area (Å²) in [7, 11) is 0. The van der Waals surface area contributed by atoms with Crippen LogP contribution < -0.4 is 4.74 Å². The molecule has 0 aromatic heterocycles. The maximum absolute atomic E-state index is 13.0. The van der Waals surface area contributed by atoms with Crippen molar-refractivity contribution in [2.24, 2.45) is 5.10 Å². The Morgan fingerprint density at radius 2 is 1.69 bits per heavy atom. The molecule has 0 fully saturated rings. The smallest absolute Gasteiger partial charge is 0.283 e. The van der Waals surface area contributed by atoms with Crippen molar-refractivity contribution in [2.75, 3.05) is 0 Å². The van der Waals surface area contributed by atoms with Crippen molar-refractivity contribution in [3.63, 3.8) is 0 Å². The summed E-state index contributed by atoms with van der Waals surface area (Å²) in [6.07, 6.45) is 1.71. The van der Waals surface area contributed by atoms with Crippen LogP contribution >= 0.6 is 31.9 Å². The first-order valence-electron chi connectivity index (χ1n) is 9.80. The van der Waals surface area contributed by atoms with Crippen molar-refractivity contribution in [3.8, 4) is 5.75 Å². The van der Waals surface area contributed by atoms with E-state index in [1.54, 1.807) is 37.3 Å². The molecule has 0 spiro atoms. The van der Waals surface area contributed by atoms with Gasteiger partial charge in [0.05, 0.1) is 11.3 Å². The standard InChI is InChI=1S/C25H18Br2N2O3/c1-16-22(25(31)29(28-16)24(30)18-5-3-2-4-6-18)14-19-13-21(27)11-12-23(19)32-15-17-7-9-20(26)10-8-17/h2-14H,15H2,1H3/b22-14+. The molecule has 3 aromatic carbocycles. The lowest BCUT2D eigenvalue weighted by Gasteiger charge is -2.12. The van der Waals surface area contributed by atoms with Gasteiger partial charge in [-0.15, -0.1) is 0 Å². The third kappa shape index (κ3) is 4.89. The Balaban J connectivity index is 1.59. The highest BCUT2D eigenvalue weighted by molar-refractivity contribution is 9.10. The van der Waals surface area contributed by atoms with Gasteiger partial charge in [-0.2, -0.15) is 10.1 Å². The highest BCUT2D eigenvalue weighted by atomic mass is 79.9. The van der Waals surface area contributed by atoms with Crippen LogP contribution in [0.3, 0.4) is 0 Å².